The molecule has 2 heterocycles. The van der Waals surface area contributed by atoms with Crippen molar-refractivity contribution in [1.82, 2.24) is 9.78 Å². The lowest BCUT2D eigenvalue weighted by molar-refractivity contribution is -0.114. The smallest absolute Gasteiger partial charge is 0.280 e. The Morgan fingerprint density at radius 1 is 0.917 bits per heavy atom. The first-order valence-corrected chi connectivity index (χ1v) is 12.2. The molecule has 0 aliphatic carbocycles. The van der Waals surface area contributed by atoms with Crippen molar-refractivity contribution < 1.29 is 9.53 Å². The Labute approximate surface area is 211 Å². The standard InChI is InChI=1S/C30H28N4O2/c1-3-4-18-36-27-17-11-12-23(19-27)29-24(21-33(32-29)25-13-7-5-8-14-25)20-28-22(2)31-34(30(28)35)26-15-9-6-10-16-26/h5-17,19-21H,3-4,18H2,1-2H3. The van der Waals surface area contributed by atoms with Gasteiger partial charge in [0.1, 0.15) is 11.4 Å². The van der Waals surface area contributed by atoms with Gasteiger partial charge in [-0.25, -0.2) is 4.68 Å². The van der Waals surface area contributed by atoms with Crippen molar-refractivity contribution >= 4 is 23.4 Å². The van der Waals surface area contributed by atoms with Crippen molar-refractivity contribution in [2.75, 3.05) is 11.6 Å². The highest BCUT2D eigenvalue weighted by molar-refractivity contribution is 6.32. The Morgan fingerprint density at radius 2 is 1.64 bits per heavy atom. The van der Waals surface area contributed by atoms with Gasteiger partial charge in [0.05, 0.1) is 29.3 Å². The van der Waals surface area contributed by atoms with Gasteiger partial charge in [-0.2, -0.15) is 15.2 Å². The van der Waals surface area contributed by atoms with Crippen LogP contribution in [0, 0.1) is 0 Å². The minimum Gasteiger partial charge on any atom is -0.494 e. The van der Waals surface area contributed by atoms with Crippen LogP contribution in [0.4, 0.5) is 5.69 Å². The van der Waals surface area contributed by atoms with Crippen LogP contribution in [-0.4, -0.2) is 28.0 Å². The molecule has 0 N–H and O–H groups in total. The van der Waals surface area contributed by atoms with E-state index in [0.29, 0.717) is 17.9 Å². The molecule has 1 aliphatic heterocycles. The average Bonchev–Trinajstić information content (AvgIpc) is 3.47. The van der Waals surface area contributed by atoms with Gasteiger partial charge in [-0.15, -0.1) is 0 Å². The minimum absolute atomic E-state index is 0.159. The number of hydrogen-bond acceptors (Lipinski definition) is 4. The highest BCUT2D eigenvalue weighted by Crippen LogP contribution is 2.31. The maximum Gasteiger partial charge on any atom is 0.280 e. The van der Waals surface area contributed by atoms with E-state index in [1.807, 2.05) is 109 Å². The quantitative estimate of drug-likeness (QED) is 0.215. The fourth-order valence-corrected chi connectivity index (χ4v) is 4.08. The van der Waals surface area contributed by atoms with Crippen LogP contribution in [-0.2, 0) is 4.79 Å². The van der Waals surface area contributed by atoms with E-state index < -0.39 is 0 Å². The van der Waals surface area contributed by atoms with Crippen LogP contribution in [0.3, 0.4) is 0 Å². The normalized spacial score (nSPS) is 14.4. The van der Waals surface area contributed by atoms with E-state index >= 15 is 0 Å². The third-order valence-electron chi connectivity index (χ3n) is 6.00. The summed E-state index contributed by atoms with van der Waals surface area (Å²) in [6.07, 6.45) is 5.92. The van der Waals surface area contributed by atoms with Gasteiger partial charge >= 0.3 is 0 Å². The number of unbranched alkanes of at least 4 members (excludes halogenated alkanes) is 1. The molecular weight excluding hydrogens is 448 g/mol. The van der Waals surface area contributed by atoms with Crippen LogP contribution in [0.15, 0.2) is 102 Å². The Hall–Kier alpha value is -4.45. The van der Waals surface area contributed by atoms with Gasteiger partial charge in [-0.1, -0.05) is 61.9 Å². The van der Waals surface area contributed by atoms with Crippen LogP contribution in [0.2, 0.25) is 0 Å². The van der Waals surface area contributed by atoms with Crippen molar-refractivity contribution in [1.29, 1.82) is 0 Å². The summed E-state index contributed by atoms with van der Waals surface area (Å²) in [6, 6.07) is 27.3. The van der Waals surface area contributed by atoms with E-state index in [4.69, 9.17) is 9.84 Å². The van der Waals surface area contributed by atoms with E-state index in [1.54, 1.807) is 0 Å². The number of amides is 1. The van der Waals surface area contributed by atoms with Crippen molar-refractivity contribution in [2.45, 2.75) is 26.7 Å². The van der Waals surface area contributed by atoms with Crippen molar-refractivity contribution in [3.63, 3.8) is 0 Å². The van der Waals surface area contributed by atoms with E-state index in [9.17, 15) is 4.79 Å². The molecule has 36 heavy (non-hydrogen) atoms. The van der Waals surface area contributed by atoms with Gasteiger partial charge in [0.2, 0.25) is 0 Å². The van der Waals surface area contributed by atoms with E-state index in [1.165, 1.54) is 5.01 Å². The number of benzene rings is 3. The summed E-state index contributed by atoms with van der Waals surface area (Å²) in [6.45, 7) is 4.68. The zero-order valence-corrected chi connectivity index (χ0v) is 20.5. The molecular formula is C30H28N4O2. The molecule has 6 heteroatoms. The van der Waals surface area contributed by atoms with Gasteiger partial charge in [-0.3, -0.25) is 4.79 Å². The van der Waals surface area contributed by atoms with Gasteiger partial charge in [0, 0.05) is 17.3 Å². The number of hydrogen-bond donors (Lipinski definition) is 0. The number of para-hydroxylation sites is 2. The fraction of sp³-hybridized carbons (Fsp3) is 0.167. The lowest BCUT2D eigenvalue weighted by atomic mass is 10.0. The summed E-state index contributed by atoms with van der Waals surface area (Å²) >= 11 is 0. The zero-order valence-electron chi connectivity index (χ0n) is 20.5. The molecule has 3 aromatic carbocycles. The van der Waals surface area contributed by atoms with Gasteiger partial charge in [0.25, 0.3) is 5.91 Å². The molecule has 0 unspecified atom stereocenters. The average molecular weight is 477 g/mol. The highest BCUT2D eigenvalue weighted by atomic mass is 16.5. The molecule has 0 saturated heterocycles. The maximum absolute atomic E-state index is 13.3. The second-order valence-electron chi connectivity index (χ2n) is 8.64. The van der Waals surface area contributed by atoms with Crippen molar-refractivity contribution in [3.8, 4) is 22.7 Å². The molecule has 0 saturated carbocycles. The molecule has 180 valence electrons. The molecule has 0 fully saturated rings. The minimum atomic E-state index is -0.159. The molecule has 4 aromatic rings. The molecule has 0 bridgehead atoms. The molecule has 1 amide bonds. The number of nitrogens with zero attached hydrogens (tertiary/aromatic N) is 4. The van der Waals surface area contributed by atoms with E-state index in [-0.39, 0.29) is 5.91 Å². The number of aromatic nitrogens is 2. The Balaban J connectivity index is 1.56. The maximum atomic E-state index is 13.3. The summed E-state index contributed by atoms with van der Waals surface area (Å²) < 4.78 is 7.78. The van der Waals surface area contributed by atoms with Crippen LogP contribution in [0.5, 0.6) is 5.75 Å². The molecule has 6 nitrogen and oxygen atoms in total. The number of carbonyl (C=O) groups excluding carboxylic acids is 1. The second-order valence-corrected chi connectivity index (χ2v) is 8.64. The monoisotopic (exact) mass is 476 g/mol. The fourth-order valence-electron chi connectivity index (χ4n) is 4.08. The number of anilines is 1. The molecule has 1 aromatic heterocycles. The zero-order chi connectivity index (χ0) is 24.9. The van der Waals surface area contributed by atoms with E-state index in [2.05, 4.69) is 12.0 Å². The van der Waals surface area contributed by atoms with Crippen molar-refractivity contribution in [2.24, 2.45) is 5.10 Å². The van der Waals surface area contributed by atoms with Crippen LogP contribution < -0.4 is 9.75 Å². The van der Waals surface area contributed by atoms with Gasteiger partial charge in [-0.05, 0) is 55.8 Å². The van der Waals surface area contributed by atoms with Gasteiger partial charge < -0.3 is 4.74 Å². The summed E-state index contributed by atoms with van der Waals surface area (Å²) in [5, 5.41) is 10.9. The molecule has 1 aliphatic rings. The summed E-state index contributed by atoms with van der Waals surface area (Å²) in [5.41, 5.74) is 5.41. The topological polar surface area (TPSA) is 59.7 Å². The third-order valence-corrected chi connectivity index (χ3v) is 6.00. The summed E-state index contributed by atoms with van der Waals surface area (Å²) in [5.74, 6) is 0.646. The number of ether oxygens (including phenoxy) is 1. The number of hydrazone groups is 1. The predicted octanol–water partition coefficient (Wildman–Crippen LogP) is 6.52. The molecule has 5 rings (SSSR count). The lowest BCUT2D eigenvalue weighted by Gasteiger charge is -2.11. The Kier molecular flexibility index (Phi) is 6.76. The third kappa shape index (κ3) is 4.84. The number of rotatable bonds is 8. The molecule has 0 radical (unpaired) electrons. The predicted molar refractivity (Wildman–Crippen MR) is 144 cm³/mol. The summed E-state index contributed by atoms with van der Waals surface area (Å²) in [7, 11) is 0. The van der Waals surface area contributed by atoms with E-state index in [0.717, 1.165) is 46.8 Å². The molecule has 0 atom stereocenters. The number of carbonyl (C=O) groups is 1. The Morgan fingerprint density at radius 3 is 2.36 bits per heavy atom. The summed E-state index contributed by atoms with van der Waals surface area (Å²) in [4.78, 5) is 13.3. The first-order chi connectivity index (χ1) is 17.6. The SMILES string of the molecule is CCCCOc1cccc(-c2nn(-c3ccccc3)cc2C=C2C(=O)N(c3ccccc3)N=C2C)c1. The second kappa shape index (κ2) is 10.4. The Bertz CT molecular complexity index is 1420. The van der Waals surface area contributed by atoms with Gasteiger partial charge in [0.15, 0.2) is 0 Å². The van der Waals surface area contributed by atoms with Crippen LogP contribution in [0.25, 0.3) is 23.0 Å². The van der Waals surface area contributed by atoms with Crippen LogP contribution in [0.1, 0.15) is 32.3 Å². The van der Waals surface area contributed by atoms with Crippen LogP contribution >= 0.6 is 0 Å². The first kappa shape index (κ1) is 23.3. The largest absolute Gasteiger partial charge is 0.494 e. The molecule has 0 spiro atoms. The first-order valence-electron chi connectivity index (χ1n) is 12.2. The lowest BCUT2D eigenvalue weighted by Crippen LogP contribution is -2.21. The highest BCUT2D eigenvalue weighted by Gasteiger charge is 2.29. The van der Waals surface area contributed by atoms with Crippen molar-refractivity contribution in [3.05, 3.63) is 102 Å².